The third-order valence-corrected chi connectivity index (χ3v) is 4.04. The lowest BCUT2D eigenvalue weighted by Crippen LogP contribution is -2.35. The van der Waals surface area contributed by atoms with Gasteiger partial charge in [0, 0.05) is 6.20 Å². The van der Waals surface area contributed by atoms with E-state index in [4.69, 9.17) is 9.47 Å². The Labute approximate surface area is 153 Å². The zero-order valence-corrected chi connectivity index (χ0v) is 15.8. The molecule has 0 aliphatic carbocycles. The number of amides is 1. The molecule has 0 aliphatic heterocycles. The standard InChI is InChI=1S/C20H24N2O4/c1-6-26-19-15(8-7-9-21-19)18(23)22-17(20(24)25-5)16-13(3)10-12(2)11-14(16)4/h7-11,17H,6H2,1-5H3,(H,22,23)/t17-/m0/s1. The lowest BCUT2D eigenvalue weighted by Gasteiger charge is -2.22. The molecule has 1 amide bonds. The molecule has 2 aromatic rings. The van der Waals surface area contributed by atoms with Gasteiger partial charge < -0.3 is 14.8 Å². The van der Waals surface area contributed by atoms with Gasteiger partial charge in [0.2, 0.25) is 5.88 Å². The van der Waals surface area contributed by atoms with Crippen molar-refractivity contribution in [3.8, 4) is 5.88 Å². The number of pyridine rings is 1. The van der Waals surface area contributed by atoms with Crippen LogP contribution < -0.4 is 10.1 Å². The van der Waals surface area contributed by atoms with Crippen molar-refractivity contribution < 1.29 is 19.1 Å². The van der Waals surface area contributed by atoms with Gasteiger partial charge in [-0.25, -0.2) is 9.78 Å². The molecule has 0 bridgehead atoms. The summed E-state index contributed by atoms with van der Waals surface area (Å²) in [7, 11) is 1.30. The maximum absolute atomic E-state index is 12.8. The number of carbonyl (C=O) groups excluding carboxylic acids is 2. The monoisotopic (exact) mass is 356 g/mol. The maximum atomic E-state index is 12.8. The summed E-state index contributed by atoms with van der Waals surface area (Å²) in [5.74, 6) is -0.750. The molecule has 0 unspecified atom stereocenters. The van der Waals surface area contributed by atoms with Gasteiger partial charge in [-0.3, -0.25) is 4.79 Å². The molecular formula is C20H24N2O4. The molecule has 0 aliphatic rings. The van der Waals surface area contributed by atoms with Crippen LogP contribution in [0.15, 0.2) is 30.5 Å². The highest BCUT2D eigenvalue weighted by molar-refractivity contribution is 5.99. The molecule has 1 aromatic carbocycles. The SMILES string of the molecule is CCOc1ncccc1C(=O)N[C@H](C(=O)OC)c1c(C)cc(C)cc1C. The molecule has 0 spiro atoms. The Morgan fingerprint density at radius 1 is 1.19 bits per heavy atom. The highest BCUT2D eigenvalue weighted by atomic mass is 16.5. The average molecular weight is 356 g/mol. The summed E-state index contributed by atoms with van der Waals surface area (Å²) in [6.45, 7) is 8.00. The summed E-state index contributed by atoms with van der Waals surface area (Å²) in [5.41, 5.74) is 3.91. The third kappa shape index (κ3) is 4.20. The van der Waals surface area contributed by atoms with Crippen molar-refractivity contribution in [2.75, 3.05) is 13.7 Å². The first-order valence-electron chi connectivity index (χ1n) is 8.43. The smallest absolute Gasteiger partial charge is 0.333 e. The summed E-state index contributed by atoms with van der Waals surface area (Å²) < 4.78 is 10.3. The van der Waals surface area contributed by atoms with E-state index in [9.17, 15) is 9.59 Å². The van der Waals surface area contributed by atoms with Gasteiger partial charge in [0.15, 0.2) is 6.04 Å². The topological polar surface area (TPSA) is 77.5 Å². The highest BCUT2D eigenvalue weighted by Gasteiger charge is 2.28. The maximum Gasteiger partial charge on any atom is 0.333 e. The summed E-state index contributed by atoms with van der Waals surface area (Å²) in [6.07, 6.45) is 1.55. The lowest BCUT2D eigenvalue weighted by atomic mass is 9.93. The quantitative estimate of drug-likeness (QED) is 0.805. The number of aromatic nitrogens is 1. The van der Waals surface area contributed by atoms with E-state index in [1.54, 1.807) is 18.3 Å². The minimum atomic E-state index is -0.914. The molecule has 0 saturated heterocycles. The number of hydrogen-bond donors (Lipinski definition) is 1. The number of rotatable bonds is 6. The fourth-order valence-electron chi connectivity index (χ4n) is 3.04. The number of nitrogens with one attached hydrogen (secondary N) is 1. The van der Waals surface area contributed by atoms with E-state index in [1.165, 1.54) is 7.11 Å². The molecule has 26 heavy (non-hydrogen) atoms. The van der Waals surface area contributed by atoms with Gasteiger partial charge in [-0.15, -0.1) is 0 Å². The molecule has 6 heteroatoms. The van der Waals surface area contributed by atoms with Crippen LogP contribution in [0.3, 0.4) is 0 Å². The number of benzene rings is 1. The molecule has 2 rings (SSSR count). The van der Waals surface area contributed by atoms with Crippen LogP contribution in [0.25, 0.3) is 0 Å². The predicted molar refractivity (Wildman–Crippen MR) is 98.3 cm³/mol. The summed E-state index contributed by atoms with van der Waals surface area (Å²) >= 11 is 0. The molecule has 0 fully saturated rings. The van der Waals surface area contributed by atoms with E-state index in [0.717, 1.165) is 22.3 Å². The van der Waals surface area contributed by atoms with E-state index in [2.05, 4.69) is 10.3 Å². The number of aryl methyl sites for hydroxylation is 3. The van der Waals surface area contributed by atoms with Gasteiger partial charge in [-0.1, -0.05) is 17.7 Å². The largest absolute Gasteiger partial charge is 0.477 e. The van der Waals surface area contributed by atoms with Crippen LogP contribution in [-0.2, 0) is 9.53 Å². The van der Waals surface area contributed by atoms with Gasteiger partial charge in [0.05, 0.1) is 13.7 Å². The summed E-state index contributed by atoms with van der Waals surface area (Å²) in [6, 6.07) is 6.28. The minimum Gasteiger partial charge on any atom is -0.477 e. The van der Waals surface area contributed by atoms with E-state index in [-0.39, 0.29) is 11.4 Å². The second-order valence-corrected chi connectivity index (χ2v) is 6.03. The average Bonchev–Trinajstić information content (AvgIpc) is 2.60. The second-order valence-electron chi connectivity index (χ2n) is 6.03. The molecular weight excluding hydrogens is 332 g/mol. The zero-order valence-electron chi connectivity index (χ0n) is 15.8. The van der Waals surface area contributed by atoms with Crippen LogP contribution in [0, 0.1) is 20.8 Å². The minimum absolute atomic E-state index is 0.230. The molecule has 0 saturated carbocycles. The van der Waals surface area contributed by atoms with E-state index < -0.39 is 17.9 Å². The molecule has 138 valence electrons. The van der Waals surface area contributed by atoms with Gasteiger partial charge in [-0.05, 0) is 56.5 Å². The Balaban J connectivity index is 2.42. The van der Waals surface area contributed by atoms with Crippen molar-refractivity contribution in [1.82, 2.24) is 10.3 Å². The molecule has 1 heterocycles. The van der Waals surface area contributed by atoms with E-state index >= 15 is 0 Å². The van der Waals surface area contributed by atoms with Crippen LogP contribution in [0.5, 0.6) is 5.88 Å². The van der Waals surface area contributed by atoms with Crippen LogP contribution >= 0.6 is 0 Å². The van der Waals surface area contributed by atoms with Crippen molar-refractivity contribution in [3.63, 3.8) is 0 Å². The lowest BCUT2D eigenvalue weighted by molar-refractivity contribution is -0.143. The predicted octanol–water partition coefficient (Wildman–Crippen LogP) is 3.05. The first-order chi connectivity index (χ1) is 12.4. The second kappa shape index (κ2) is 8.47. The Hall–Kier alpha value is -2.89. The van der Waals surface area contributed by atoms with Crippen LogP contribution in [0.1, 0.15) is 45.6 Å². The van der Waals surface area contributed by atoms with Crippen molar-refractivity contribution in [1.29, 1.82) is 0 Å². The van der Waals surface area contributed by atoms with Crippen LogP contribution in [-0.4, -0.2) is 30.6 Å². The van der Waals surface area contributed by atoms with Gasteiger partial charge >= 0.3 is 5.97 Å². The normalized spacial score (nSPS) is 11.6. The number of ether oxygens (including phenoxy) is 2. The Bertz CT molecular complexity index is 794. The molecule has 0 radical (unpaired) electrons. The summed E-state index contributed by atoms with van der Waals surface area (Å²) in [4.78, 5) is 29.3. The Kier molecular flexibility index (Phi) is 6.33. The molecule has 6 nitrogen and oxygen atoms in total. The number of carbonyl (C=O) groups is 2. The van der Waals surface area contributed by atoms with Crippen molar-refractivity contribution >= 4 is 11.9 Å². The summed E-state index contributed by atoms with van der Waals surface area (Å²) in [5, 5.41) is 2.77. The number of nitrogens with zero attached hydrogens (tertiary/aromatic N) is 1. The first-order valence-corrected chi connectivity index (χ1v) is 8.43. The van der Waals surface area contributed by atoms with Crippen molar-refractivity contribution in [3.05, 3.63) is 58.3 Å². The van der Waals surface area contributed by atoms with Gasteiger partial charge in [0.25, 0.3) is 5.91 Å². The Morgan fingerprint density at radius 3 is 2.42 bits per heavy atom. The molecule has 1 aromatic heterocycles. The number of hydrogen-bond acceptors (Lipinski definition) is 5. The van der Waals surface area contributed by atoms with Gasteiger partial charge in [-0.2, -0.15) is 0 Å². The van der Waals surface area contributed by atoms with E-state index in [0.29, 0.717) is 6.61 Å². The fourth-order valence-corrected chi connectivity index (χ4v) is 3.04. The van der Waals surface area contributed by atoms with Crippen molar-refractivity contribution in [2.45, 2.75) is 33.7 Å². The molecule has 1 atom stereocenters. The molecule has 1 N–H and O–H groups in total. The van der Waals surface area contributed by atoms with Crippen molar-refractivity contribution in [2.24, 2.45) is 0 Å². The van der Waals surface area contributed by atoms with Crippen LogP contribution in [0.2, 0.25) is 0 Å². The first kappa shape index (κ1) is 19.4. The Morgan fingerprint density at radius 2 is 1.85 bits per heavy atom. The fraction of sp³-hybridized carbons (Fsp3) is 0.350. The third-order valence-electron chi connectivity index (χ3n) is 4.04. The zero-order chi connectivity index (χ0) is 19.3. The number of esters is 1. The van der Waals surface area contributed by atoms with E-state index in [1.807, 2.05) is 39.8 Å². The number of methoxy groups -OCH3 is 1. The highest BCUT2D eigenvalue weighted by Crippen LogP contribution is 2.26. The van der Waals surface area contributed by atoms with Gasteiger partial charge in [0.1, 0.15) is 5.56 Å². The van der Waals surface area contributed by atoms with Crippen LogP contribution in [0.4, 0.5) is 0 Å².